The maximum Gasteiger partial charge on any atom is 0.191 e. The molecule has 2 N–H and O–H groups in total. The Hall–Kier alpha value is -0.810. The first kappa shape index (κ1) is 16.6. The molecule has 0 amide bonds. The molecule has 0 bridgehead atoms. The van der Waals surface area contributed by atoms with Crippen molar-refractivity contribution >= 4 is 5.96 Å². The Labute approximate surface area is 130 Å². The molecule has 0 saturated carbocycles. The lowest BCUT2D eigenvalue weighted by atomic mass is 10.1. The number of hydrogen-bond donors (Lipinski definition) is 2. The Bertz CT molecular complexity index is 312. The van der Waals surface area contributed by atoms with Crippen molar-refractivity contribution in [1.29, 1.82) is 0 Å². The topological polar surface area (TPSA) is 42.9 Å². The van der Waals surface area contributed by atoms with Gasteiger partial charge in [0.25, 0.3) is 0 Å². The smallest absolute Gasteiger partial charge is 0.191 e. The van der Waals surface area contributed by atoms with Gasteiger partial charge in [-0.15, -0.1) is 0 Å². The maximum atomic E-state index is 4.76. The van der Waals surface area contributed by atoms with Gasteiger partial charge in [0.05, 0.1) is 0 Å². The molecule has 0 aromatic rings. The number of nitrogens with zero attached hydrogens (tertiary/aromatic N) is 3. The van der Waals surface area contributed by atoms with Gasteiger partial charge in [0.15, 0.2) is 5.96 Å². The average Bonchev–Trinajstić information content (AvgIpc) is 2.91. The summed E-state index contributed by atoms with van der Waals surface area (Å²) in [5.41, 5.74) is 0. The minimum absolute atomic E-state index is 0.729. The molecule has 0 aromatic carbocycles. The van der Waals surface area contributed by atoms with Crippen LogP contribution in [-0.2, 0) is 0 Å². The van der Waals surface area contributed by atoms with Crippen molar-refractivity contribution in [3.05, 3.63) is 0 Å². The quantitative estimate of drug-likeness (QED) is 0.566. The lowest BCUT2D eigenvalue weighted by Gasteiger charge is -2.26. The zero-order chi connectivity index (χ0) is 14.9. The van der Waals surface area contributed by atoms with E-state index in [0.717, 1.165) is 38.1 Å². The zero-order valence-electron chi connectivity index (χ0n) is 13.9. The predicted octanol–water partition coefficient (Wildman–Crippen LogP) is 0.979. The summed E-state index contributed by atoms with van der Waals surface area (Å²) < 4.78 is 0. The molecule has 2 rings (SSSR count). The Kier molecular flexibility index (Phi) is 7.30. The van der Waals surface area contributed by atoms with Crippen LogP contribution < -0.4 is 10.6 Å². The second-order valence-electron chi connectivity index (χ2n) is 6.47. The minimum atomic E-state index is 0.729. The molecule has 122 valence electrons. The van der Waals surface area contributed by atoms with Gasteiger partial charge in [-0.2, -0.15) is 0 Å². The van der Waals surface area contributed by atoms with Crippen molar-refractivity contribution in [1.82, 2.24) is 20.4 Å². The highest BCUT2D eigenvalue weighted by Gasteiger charge is 2.18. The fraction of sp³-hybridized carbons (Fsp3) is 0.938. The summed E-state index contributed by atoms with van der Waals surface area (Å²) in [6.45, 7) is 11.1. The highest BCUT2D eigenvalue weighted by atomic mass is 15.2. The van der Waals surface area contributed by atoms with Crippen molar-refractivity contribution < 1.29 is 0 Å². The lowest BCUT2D eigenvalue weighted by molar-refractivity contribution is 0.232. The Morgan fingerprint density at radius 3 is 2.62 bits per heavy atom. The average molecular weight is 295 g/mol. The number of hydrogen-bond acceptors (Lipinski definition) is 3. The van der Waals surface area contributed by atoms with Crippen molar-refractivity contribution in [3.8, 4) is 0 Å². The van der Waals surface area contributed by atoms with Crippen LogP contribution in [0.3, 0.4) is 0 Å². The molecule has 21 heavy (non-hydrogen) atoms. The van der Waals surface area contributed by atoms with Gasteiger partial charge in [0, 0.05) is 32.7 Å². The second-order valence-corrected chi connectivity index (χ2v) is 6.47. The summed E-state index contributed by atoms with van der Waals surface area (Å²) in [7, 11) is 2.20. The molecule has 2 aliphatic heterocycles. The SMILES string of the molecule is CCNC(=NCC1CCN(C)C1)NCCN1CCCCC1. The maximum absolute atomic E-state index is 4.76. The van der Waals surface area contributed by atoms with Crippen LogP contribution >= 0.6 is 0 Å². The number of nitrogens with one attached hydrogen (secondary N) is 2. The molecule has 2 fully saturated rings. The first-order valence-corrected chi connectivity index (χ1v) is 8.71. The van der Waals surface area contributed by atoms with Crippen molar-refractivity contribution in [2.45, 2.75) is 32.6 Å². The highest BCUT2D eigenvalue weighted by molar-refractivity contribution is 5.79. The largest absolute Gasteiger partial charge is 0.357 e. The molecule has 0 spiro atoms. The van der Waals surface area contributed by atoms with Gasteiger partial charge >= 0.3 is 0 Å². The van der Waals surface area contributed by atoms with Crippen LogP contribution in [-0.4, -0.2) is 75.2 Å². The first-order chi connectivity index (χ1) is 10.3. The van der Waals surface area contributed by atoms with E-state index in [1.54, 1.807) is 0 Å². The number of piperidine rings is 1. The summed E-state index contributed by atoms with van der Waals surface area (Å²) in [5.74, 6) is 1.72. The van der Waals surface area contributed by atoms with Crippen LogP contribution in [0.5, 0.6) is 0 Å². The second kappa shape index (κ2) is 9.26. The molecule has 2 saturated heterocycles. The fourth-order valence-electron chi connectivity index (χ4n) is 3.25. The normalized spacial score (nSPS) is 25.2. The summed E-state index contributed by atoms with van der Waals surface area (Å²) in [4.78, 5) is 9.72. The van der Waals surface area contributed by atoms with E-state index in [1.807, 2.05) is 0 Å². The highest BCUT2D eigenvalue weighted by Crippen LogP contribution is 2.14. The van der Waals surface area contributed by atoms with E-state index in [2.05, 4.69) is 34.4 Å². The van der Waals surface area contributed by atoms with Crippen LogP contribution in [0.15, 0.2) is 4.99 Å². The molecule has 0 radical (unpaired) electrons. The summed E-state index contributed by atoms with van der Waals surface area (Å²) in [6.07, 6.45) is 5.42. The first-order valence-electron chi connectivity index (χ1n) is 8.71. The molecule has 0 aromatic heterocycles. The Morgan fingerprint density at radius 1 is 1.14 bits per heavy atom. The van der Waals surface area contributed by atoms with Crippen LogP contribution in [0.4, 0.5) is 0 Å². The zero-order valence-corrected chi connectivity index (χ0v) is 13.9. The molecule has 1 unspecified atom stereocenters. The third-order valence-electron chi connectivity index (χ3n) is 4.51. The van der Waals surface area contributed by atoms with E-state index in [0.29, 0.717) is 0 Å². The molecule has 0 aliphatic carbocycles. The lowest BCUT2D eigenvalue weighted by Crippen LogP contribution is -2.42. The molecule has 2 aliphatic rings. The van der Waals surface area contributed by atoms with E-state index >= 15 is 0 Å². The molecular weight excluding hydrogens is 262 g/mol. The predicted molar refractivity (Wildman–Crippen MR) is 89.9 cm³/mol. The Morgan fingerprint density at radius 2 is 1.95 bits per heavy atom. The molecular formula is C16H33N5. The van der Waals surface area contributed by atoms with Gasteiger partial charge in [-0.3, -0.25) is 4.99 Å². The van der Waals surface area contributed by atoms with E-state index < -0.39 is 0 Å². The van der Waals surface area contributed by atoms with E-state index in [4.69, 9.17) is 4.99 Å². The van der Waals surface area contributed by atoms with Crippen molar-refractivity contribution in [2.24, 2.45) is 10.9 Å². The van der Waals surface area contributed by atoms with Gasteiger partial charge < -0.3 is 20.4 Å². The van der Waals surface area contributed by atoms with Gasteiger partial charge in [-0.1, -0.05) is 6.42 Å². The molecule has 5 heteroatoms. The fourth-order valence-corrected chi connectivity index (χ4v) is 3.25. The monoisotopic (exact) mass is 295 g/mol. The Balaban J connectivity index is 1.67. The number of rotatable bonds is 6. The van der Waals surface area contributed by atoms with E-state index in [-0.39, 0.29) is 0 Å². The standard InChI is InChI=1S/C16H33N5/c1-3-17-16(19-13-15-7-11-20(2)14-15)18-8-12-21-9-5-4-6-10-21/h15H,3-14H2,1-2H3,(H2,17,18,19). The van der Waals surface area contributed by atoms with Crippen molar-refractivity contribution in [3.63, 3.8) is 0 Å². The summed E-state index contributed by atoms with van der Waals surface area (Å²) in [6, 6.07) is 0. The summed E-state index contributed by atoms with van der Waals surface area (Å²) >= 11 is 0. The van der Waals surface area contributed by atoms with Crippen LogP contribution in [0.25, 0.3) is 0 Å². The third kappa shape index (κ3) is 6.22. The van der Waals surface area contributed by atoms with Gasteiger partial charge in [-0.05, 0) is 58.8 Å². The van der Waals surface area contributed by atoms with E-state index in [9.17, 15) is 0 Å². The summed E-state index contributed by atoms with van der Waals surface area (Å²) in [5, 5.41) is 6.85. The van der Waals surface area contributed by atoms with Gasteiger partial charge in [-0.25, -0.2) is 0 Å². The van der Waals surface area contributed by atoms with Crippen LogP contribution in [0, 0.1) is 5.92 Å². The van der Waals surface area contributed by atoms with Gasteiger partial charge in [0.2, 0.25) is 0 Å². The van der Waals surface area contributed by atoms with Crippen LogP contribution in [0.2, 0.25) is 0 Å². The molecule has 5 nitrogen and oxygen atoms in total. The number of aliphatic imine (C=N–C) groups is 1. The number of likely N-dealkylation sites (tertiary alicyclic amines) is 2. The third-order valence-corrected chi connectivity index (χ3v) is 4.51. The number of guanidine groups is 1. The van der Waals surface area contributed by atoms with E-state index in [1.165, 1.54) is 51.9 Å². The minimum Gasteiger partial charge on any atom is -0.357 e. The van der Waals surface area contributed by atoms with Crippen LogP contribution in [0.1, 0.15) is 32.6 Å². The van der Waals surface area contributed by atoms with Crippen molar-refractivity contribution in [2.75, 3.05) is 59.4 Å². The molecule has 2 heterocycles. The molecule has 1 atom stereocenters. The van der Waals surface area contributed by atoms with Gasteiger partial charge in [0.1, 0.15) is 0 Å².